The molecule has 0 saturated carbocycles. The Bertz CT molecular complexity index is 721. The maximum Gasteiger partial charge on any atom is 0.308 e. The summed E-state index contributed by atoms with van der Waals surface area (Å²) in [4.78, 5) is 46.8. The van der Waals surface area contributed by atoms with E-state index in [1.165, 1.54) is 0 Å². The minimum absolute atomic E-state index is 0.00326. The average Bonchev–Trinajstić information content (AvgIpc) is 2.63. The second kappa shape index (κ2) is 11.2. The van der Waals surface area contributed by atoms with E-state index in [1.54, 1.807) is 26.0 Å². The van der Waals surface area contributed by atoms with Crippen LogP contribution in [0.25, 0.3) is 0 Å². The molecular formula is C21H31N3O5. The highest BCUT2D eigenvalue weighted by Crippen LogP contribution is 2.22. The van der Waals surface area contributed by atoms with Gasteiger partial charge in [-0.2, -0.15) is 0 Å². The fourth-order valence-electron chi connectivity index (χ4n) is 2.32. The van der Waals surface area contributed by atoms with E-state index in [0.29, 0.717) is 5.56 Å². The molecule has 0 atom stereocenters. The van der Waals surface area contributed by atoms with Crippen LogP contribution in [-0.2, 0) is 24.5 Å². The van der Waals surface area contributed by atoms with Gasteiger partial charge in [0.25, 0.3) is 11.8 Å². The molecule has 1 aromatic carbocycles. The quantitative estimate of drug-likeness (QED) is 0.536. The molecule has 1 rings (SSSR count). The molecule has 0 aromatic heterocycles. The molecular weight excluding hydrogens is 374 g/mol. The lowest BCUT2D eigenvalue weighted by Crippen LogP contribution is -2.41. The van der Waals surface area contributed by atoms with Gasteiger partial charge in [0.05, 0.1) is 13.0 Å². The zero-order chi connectivity index (χ0) is 22.0. The molecule has 0 aliphatic rings. The van der Waals surface area contributed by atoms with Gasteiger partial charge in [0, 0.05) is 18.2 Å². The largest absolute Gasteiger partial charge is 0.456 e. The van der Waals surface area contributed by atoms with Crippen LogP contribution in [0.4, 0.5) is 0 Å². The summed E-state index contributed by atoms with van der Waals surface area (Å²) in [7, 11) is 0. The highest BCUT2D eigenvalue weighted by atomic mass is 16.5. The number of hydrogen-bond donors (Lipinski definition) is 3. The van der Waals surface area contributed by atoms with Gasteiger partial charge in [-0.1, -0.05) is 32.9 Å². The van der Waals surface area contributed by atoms with Crippen LogP contribution in [0.15, 0.2) is 24.3 Å². The molecule has 0 fully saturated rings. The molecule has 160 valence electrons. The molecule has 3 N–H and O–H groups in total. The van der Waals surface area contributed by atoms with Crippen molar-refractivity contribution in [2.75, 3.05) is 19.7 Å². The van der Waals surface area contributed by atoms with Gasteiger partial charge >= 0.3 is 5.97 Å². The smallest absolute Gasteiger partial charge is 0.308 e. The van der Waals surface area contributed by atoms with Gasteiger partial charge in [0.2, 0.25) is 5.91 Å². The lowest BCUT2D eigenvalue weighted by atomic mass is 9.87. The van der Waals surface area contributed by atoms with Crippen molar-refractivity contribution in [3.63, 3.8) is 0 Å². The van der Waals surface area contributed by atoms with Crippen molar-refractivity contribution in [1.82, 2.24) is 16.0 Å². The first-order valence-electron chi connectivity index (χ1n) is 9.59. The number of carbonyl (C=O) groups is 4. The maximum absolute atomic E-state index is 12.1. The summed E-state index contributed by atoms with van der Waals surface area (Å²) < 4.78 is 4.82. The Morgan fingerprint density at radius 2 is 1.59 bits per heavy atom. The summed E-state index contributed by atoms with van der Waals surface area (Å²) in [5.74, 6) is -1.79. The minimum Gasteiger partial charge on any atom is -0.456 e. The maximum atomic E-state index is 12.1. The zero-order valence-corrected chi connectivity index (χ0v) is 17.8. The van der Waals surface area contributed by atoms with Gasteiger partial charge in [-0.3, -0.25) is 19.2 Å². The molecule has 0 heterocycles. The topological polar surface area (TPSA) is 114 Å². The minimum atomic E-state index is -0.616. The lowest BCUT2D eigenvalue weighted by molar-refractivity contribution is -0.148. The molecule has 0 saturated heterocycles. The van der Waals surface area contributed by atoms with Crippen LogP contribution in [-0.4, -0.2) is 49.4 Å². The molecule has 8 nitrogen and oxygen atoms in total. The highest BCUT2D eigenvalue weighted by molar-refractivity contribution is 5.94. The Morgan fingerprint density at radius 1 is 0.966 bits per heavy atom. The predicted molar refractivity (Wildman–Crippen MR) is 109 cm³/mol. The van der Waals surface area contributed by atoms with Gasteiger partial charge in [0.15, 0.2) is 6.61 Å². The zero-order valence-electron chi connectivity index (χ0n) is 17.8. The summed E-state index contributed by atoms with van der Waals surface area (Å²) in [5, 5.41) is 7.62. The number of rotatable bonds is 9. The van der Waals surface area contributed by atoms with E-state index in [0.717, 1.165) is 5.56 Å². The number of nitrogens with one attached hydrogen (secondary N) is 3. The van der Waals surface area contributed by atoms with Crippen molar-refractivity contribution in [2.45, 2.75) is 52.5 Å². The van der Waals surface area contributed by atoms with Crippen LogP contribution in [0.2, 0.25) is 0 Å². The molecule has 0 aliphatic heterocycles. The third-order valence-corrected chi connectivity index (χ3v) is 3.89. The fourth-order valence-corrected chi connectivity index (χ4v) is 2.32. The Labute approximate surface area is 171 Å². The van der Waals surface area contributed by atoms with Crippen LogP contribution in [0.1, 0.15) is 57.0 Å². The first-order chi connectivity index (χ1) is 13.5. The van der Waals surface area contributed by atoms with E-state index < -0.39 is 18.5 Å². The van der Waals surface area contributed by atoms with Gasteiger partial charge < -0.3 is 20.7 Å². The molecule has 0 radical (unpaired) electrons. The van der Waals surface area contributed by atoms with Crippen LogP contribution >= 0.6 is 0 Å². The second-order valence-corrected chi connectivity index (χ2v) is 7.99. The van der Waals surface area contributed by atoms with E-state index >= 15 is 0 Å². The normalized spacial score (nSPS) is 11.0. The molecule has 3 amide bonds. The Hall–Kier alpha value is -2.90. The monoisotopic (exact) mass is 405 g/mol. The third-order valence-electron chi connectivity index (χ3n) is 3.89. The van der Waals surface area contributed by atoms with Crippen LogP contribution in [0, 0.1) is 0 Å². The summed E-state index contributed by atoms with van der Waals surface area (Å²) in [6, 6.07) is 7.28. The van der Waals surface area contributed by atoms with Gasteiger partial charge in [0.1, 0.15) is 0 Å². The average molecular weight is 405 g/mol. The van der Waals surface area contributed by atoms with Crippen molar-refractivity contribution in [2.24, 2.45) is 0 Å². The Morgan fingerprint density at radius 3 is 2.14 bits per heavy atom. The van der Waals surface area contributed by atoms with Crippen molar-refractivity contribution in [3.8, 4) is 0 Å². The van der Waals surface area contributed by atoms with Crippen LogP contribution in [0.5, 0.6) is 0 Å². The van der Waals surface area contributed by atoms with E-state index in [-0.39, 0.29) is 42.8 Å². The molecule has 29 heavy (non-hydrogen) atoms. The molecule has 0 bridgehead atoms. The predicted octanol–water partition coefficient (Wildman–Crippen LogP) is 1.29. The van der Waals surface area contributed by atoms with Crippen LogP contribution in [0.3, 0.4) is 0 Å². The van der Waals surface area contributed by atoms with E-state index in [4.69, 9.17) is 4.74 Å². The molecule has 1 aromatic rings. The first-order valence-corrected chi connectivity index (χ1v) is 9.59. The number of carbonyl (C=O) groups excluding carboxylic acids is 4. The Kier molecular flexibility index (Phi) is 9.31. The number of esters is 1. The highest BCUT2D eigenvalue weighted by Gasteiger charge is 2.15. The fraction of sp³-hybridized carbons (Fsp3) is 0.524. The number of benzene rings is 1. The van der Waals surface area contributed by atoms with Crippen molar-refractivity contribution >= 4 is 23.7 Å². The van der Waals surface area contributed by atoms with Crippen molar-refractivity contribution in [3.05, 3.63) is 35.4 Å². The molecule has 0 unspecified atom stereocenters. The van der Waals surface area contributed by atoms with Crippen LogP contribution < -0.4 is 16.0 Å². The van der Waals surface area contributed by atoms with Gasteiger partial charge in [-0.05, 0) is 37.0 Å². The third kappa shape index (κ3) is 9.73. The standard InChI is InChI=1S/C21H31N3O5/c1-14(2)24-17(25)12-23-18(26)13-29-19(27)10-11-22-20(28)15-6-8-16(9-7-15)21(3,4)5/h6-9,14H,10-13H2,1-5H3,(H,22,28)(H,23,26)(H,24,25). The number of ether oxygens (including phenoxy) is 1. The Balaban J connectivity index is 2.27. The van der Waals surface area contributed by atoms with Gasteiger partial charge in [-0.25, -0.2) is 0 Å². The summed E-state index contributed by atoms with van der Waals surface area (Å²) in [6.45, 7) is 9.32. The number of amides is 3. The summed E-state index contributed by atoms with van der Waals surface area (Å²) in [6.07, 6.45) is -0.0626. The lowest BCUT2D eigenvalue weighted by Gasteiger charge is -2.19. The molecule has 0 spiro atoms. The summed E-state index contributed by atoms with van der Waals surface area (Å²) in [5.41, 5.74) is 1.63. The van der Waals surface area contributed by atoms with Crippen molar-refractivity contribution < 1.29 is 23.9 Å². The van der Waals surface area contributed by atoms with E-state index in [1.807, 2.05) is 12.1 Å². The summed E-state index contributed by atoms with van der Waals surface area (Å²) >= 11 is 0. The number of hydrogen-bond acceptors (Lipinski definition) is 5. The molecule has 8 heteroatoms. The van der Waals surface area contributed by atoms with Crippen molar-refractivity contribution in [1.29, 1.82) is 0 Å². The van der Waals surface area contributed by atoms with E-state index in [2.05, 4.69) is 36.7 Å². The van der Waals surface area contributed by atoms with Gasteiger partial charge in [-0.15, -0.1) is 0 Å². The molecule has 0 aliphatic carbocycles. The van der Waals surface area contributed by atoms with E-state index in [9.17, 15) is 19.2 Å². The second-order valence-electron chi connectivity index (χ2n) is 7.99. The first kappa shape index (κ1) is 24.1. The SMILES string of the molecule is CC(C)NC(=O)CNC(=O)COC(=O)CCNC(=O)c1ccc(C(C)(C)C)cc1.